The first-order valence-corrected chi connectivity index (χ1v) is 8.94. The van der Waals surface area contributed by atoms with Crippen molar-refractivity contribution in [2.45, 2.75) is 52.5 Å². The van der Waals surface area contributed by atoms with Crippen molar-refractivity contribution in [2.75, 3.05) is 13.1 Å². The smallest absolute Gasteiger partial charge is 0.224 e. The molecule has 1 unspecified atom stereocenters. The highest BCUT2D eigenvalue weighted by molar-refractivity contribution is 5.79. The number of nitrogens with one attached hydrogen (secondary N) is 2. The van der Waals surface area contributed by atoms with E-state index in [-0.39, 0.29) is 24.2 Å². The fourth-order valence-electron chi connectivity index (χ4n) is 2.47. The van der Waals surface area contributed by atoms with Crippen LogP contribution >= 0.6 is 0 Å². The van der Waals surface area contributed by atoms with E-state index in [1.807, 2.05) is 0 Å². The zero-order chi connectivity index (χ0) is 18.7. The molecule has 1 rings (SSSR count). The summed E-state index contributed by atoms with van der Waals surface area (Å²) in [5.74, 6) is 0.622. The Labute approximate surface area is 150 Å². The molecule has 0 saturated carbocycles. The van der Waals surface area contributed by atoms with Crippen LogP contribution in [0.4, 0.5) is 4.39 Å². The van der Waals surface area contributed by atoms with Crippen LogP contribution in [0.3, 0.4) is 0 Å². The Bertz CT molecular complexity index is 560. The van der Waals surface area contributed by atoms with Gasteiger partial charge in [0.1, 0.15) is 5.82 Å². The van der Waals surface area contributed by atoms with Crippen LogP contribution in [-0.2, 0) is 11.2 Å². The summed E-state index contributed by atoms with van der Waals surface area (Å²) >= 11 is 0. The number of nitrogens with two attached hydrogens (primary N) is 1. The zero-order valence-corrected chi connectivity index (χ0v) is 15.5. The van der Waals surface area contributed by atoms with Crippen LogP contribution in [0.15, 0.2) is 29.3 Å². The van der Waals surface area contributed by atoms with Crippen molar-refractivity contribution in [2.24, 2.45) is 16.6 Å². The minimum Gasteiger partial charge on any atom is -0.370 e. The maximum atomic E-state index is 13.1. The second-order valence-electron chi connectivity index (χ2n) is 6.79. The summed E-state index contributed by atoms with van der Waals surface area (Å²) in [5, 5.41) is 5.92. The predicted molar refractivity (Wildman–Crippen MR) is 101 cm³/mol. The quantitative estimate of drug-likeness (QED) is 0.345. The number of rotatable bonds is 10. The second-order valence-corrected chi connectivity index (χ2v) is 6.79. The molecule has 0 aliphatic carbocycles. The summed E-state index contributed by atoms with van der Waals surface area (Å²) < 4.78 is 13.1. The maximum absolute atomic E-state index is 13.1. The number of aliphatic imine (C=N–C) groups is 1. The minimum absolute atomic E-state index is 0.155. The standard InChI is InChI=1S/C19H31FN4O/c1-14(2)6-4-7-15(3)24-19(21)23-11-10-22-18(25)13-16-8-5-9-17(20)12-16/h5,8-9,12,14-15H,4,6-7,10-11,13H2,1-3H3,(H,22,25)(H3,21,23,24). The summed E-state index contributed by atoms with van der Waals surface area (Å²) in [5.41, 5.74) is 6.50. The van der Waals surface area contributed by atoms with E-state index in [9.17, 15) is 9.18 Å². The second kappa shape index (κ2) is 11.4. The maximum Gasteiger partial charge on any atom is 0.224 e. The molecule has 4 N–H and O–H groups in total. The predicted octanol–water partition coefficient (Wildman–Crippen LogP) is 2.60. The number of guanidine groups is 1. The largest absolute Gasteiger partial charge is 0.370 e. The highest BCUT2D eigenvalue weighted by Crippen LogP contribution is 2.08. The van der Waals surface area contributed by atoms with Crippen LogP contribution in [-0.4, -0.2) is 31.0 Å². The molecule has 0 aliphatic heterocycles. The summed E-state index contributed by atoms with van der Waals surface area (Å²) in [4.78, 5) is 16.0. The normalized spacial score (nSPS) is 12.9. The summed E-state index contributed by atoms with van der Waals surface area (Å²) in [6.45, 7) is 7.33. The van der Waals surface area contributed by atoms with Gasteiger partial charge in [-0.1, -0.05) is 38.8 Å². The van der Waals surface area contributed by atoms with Crippen LogP contribution < -0.4 is 16.4 Å². The minimum atomic E-state index is -0.337. The van der Waals surface area contributed by atoms with Gasteiger partial charge in [-0.2, -0.15) is 0 Å². The van der Waals surface area contributed by atoms with Gasteiger partial charge < -0.3 is 16.4 Å². The first kappa shape index (κ1) is 20.9. The lowest BCUT2D eigenvalue weighted by atomic mass is 10.0. The van der Waals surface area contributed by atoms with E-state index >= 15 is 0 Å². The van der Waals surface area contributed by atoms with Crippen LogP contribution in [0.25, 0.3) is 0 Å². The Balaban J connectivity index is 2.19. The third-order valence-corrected chi connectivity index (χ3v) is 3.78. The lowest BCUT2D eigenvalue weighted by Gasteiger charge is -2.15. The fourth-order valence-corrected chi connectivity index (χ4v) is 2.47. The average Bonchev–Trinajstić information content (AvgIpc) is 2.51. The zero-order valence-electron chi connectivity index (χ0n) is 15.5. The molecule has 0 bridgehead atoms. The van der Waals surface area contributed by atoms with Crippen molar-refractivity contribution in [1.29, 1.82) is 0 Å². The van der Waals surface area contributed by atoms with Crippen molar-refractivity contribution in [3.8, 4) is 0 Å². The number of halogens is 1. The van der Waals surface area contributed by atoms with Gasteiger partial charge in [0.05, 0.1) is 13.0 Å². The summed E-state index contributed by atoms with van der Waals surface area (Å²) in [7, 11) is 0. The van der Waals surface area contributed by atoms with Crippen molar-refractivity contribution >= 4 is 11.9 Å². The Morgan fingerprint density at radius 1 is 1.28 bits per heavy atom. The number of nitrogens with zero attached hydrogens (tertiary/aromatic N) is 1. The molecule has 0 radical (unpaired) electrons. The lowest BCUT2D eigenvalue weighted by Crippen LogP contribution is -2.39. The van der Waals surface area contributed by atoms with Crippen molar-refractivity contribution in [3.63, 3.8) is 0 Å². The van der Waals surface area contributed by atoms with E-state index in [2.05, 4.69) is 36.4 Å². The third-order valence-electron chi connectivity index (χ3n) is 3.78. The monoisotopic (exact) mass is 350 g/mol. The highest BCUT2D eigenvalue weighted by atomic mass is 19.1. The Morgan fingerprint density at radius 2 is 2.04 bits per heavy atom. The molecule has 1 amide bonds. The molecule has 0 heterocycles. The Hall–Kier alpha value is -2.11. The molecular formula is C19H31FN4O. The fraction of sp³-hybridized carbons (Fsp3) is 0.579. The van der Waals surface area contributed by atoms with Gasteiger partial charge in [0.25, 0.3) is 0 Å². The van der Waals surface area contributed by atoms with E-state index in [1.54, 1.807) is 12.1 Å². The highest BCUT2D eigenvalue weighted by Gasteiger charge is 2.05. The van der Waals surface area contributed by atoms with Gasteiger partial charge in [0.15, 0.2) is 5.96 Å². The number of carbonyl (C=O) groups is 1. The number of benzene rings is 1. The molecule has 6 heteroatoms. The number of amides is 1. The van der Waals surface area contributed by atoms with Gasteiger partial charge in [0, 0.05) is 12.6 Å². The molecule has 5 nitrogen and oxygen atoms in total. The van der Waals surface area contributed by atoms with Crippen LogP contribution in [0, 0.1) is 11.7 Å². The molecule has 140 valence electrons. The van der Waals surface area contributed by atoms with Crippen LogP contribution in [0.2, 0.25) is 0 Å². The van der Waals surface area contributed by atoms with Gasteiger partial charge in [0.2, 0.25) is 5.91 Å². The number of carbonyl (C=O) groups excluding carboxylic acids is 1. The van der Waals surface area contributed by atoms with Gasteiger partial charge in [-0.05, 0) is 37.0 Å². The molecule has 25 heavy (non-hydrogen) atoms. The molecule has 0 aliphatic rings. The average molecular weight is 350 g/mol. The van der Waals surface area contributed by atoms with Crippen molar-refractivity contribution in [3.05, 3.63) is 35.6 Å². The summed E-state index contributed by atoms with van der Waals surface area (Å²) in [6, 6.07) is 6.32. The third kappa shape index (κ3) is 10.4. The molecule has 0 fully saturated rings. The first-order chi connectivity index (χ1) is 11.9. The van der Waals surface area contributed by atoms with E-state index in [1.165, 1.54) is 18.6 Å². The molecule has 1 atom stereocenters. The van der Waals surface area contributed by atoms with Crippen LogP contribution in [0.5, 0.6) is 0 Å². The first-order valence-electron chi connectivity index (χ1n) is 8.94. The number of hydrogen-bond acceptors (Lipinski definition) is 2. The molecule has 1 aromatic rings. The van der Waals surface area contributed by atoms with Gasteiger partial charge in [-0.25, -0.2) is 4.39 Å². The summed E-state index contributed by atoms with van der Waals surface area (Å²) in [6.07, 6.45) is 3.58. The van der Waals surface area contributed by atoms with Gasteiger partial charge in [-0.3, -0.25) is 9.79 Å². The van der Waals surface area contributed by atoms with Crippen LogP contribution in [0.1, 0.15) is 45.6 Å². The van der Waals surface area contributed by atoms with E-state index in [0.717, 1.165) is 12.8 Å². The van der Waals surface area contributed by atoms with E-state index in [4.69, 9.17) is 5.73 Å². The van der Waals surface area contributed by atoms with Crippen molar-refractivity contribution < 1.29 is 9.18 Å². The molecular weight excluding hydrogens is 319 g/mol. The Morgan fingerprint density at radius 3 is 2.72 bits per heavy atom. The topological polar surface area (TPSA) is 79.5 Å². The van der Waals surface area contributed by atoms with Crippen molar-refractivity contribution in [1.82, 2.24) is 10.6 Å². The lowest BCUT2D eigenvalue weighted by molar-refractivity contribution is -0.120. The molecule has 0 spiro atoms. The van der Waals surface area contributed by atoms with E-state index in [0.29, 0.717) is 30.5 Å². The molecule has 0 saturated heterocycles. The Kier molecular flexibility index (Phi) is 9.58. The SMILES string of the molecule is CC(C)CCCC(C)NC(N)=NCCNC(=O)Cc1cccc(F)c1. The van der Waals surface area contributed by atoms with Gasteiger partial charge in [-0.15, -0.1) is 0 Å². The molecule has 1 aromatic carbocycles. The van der Waals surface area contributed by atoms with E-state index < -0.39 is 0 Å². The van der Waals surface area contributed by atoms with Gasteiger partial charge >= 0.3 is 0 Å². The number of hydrogen-bond donors (Lipinski definition) is 3. The molecule has 0 aromatic heterocycles.